The van der Waals surface area contributed by atoms with Gasteiger partial charge in [0.05, 0.1) is 19.1 Å². The molecule has 0 spiro atoms. The number of amides is 1. The van der Waals surface area contributed by atoms with Gasteiger partial charge in [-0.1, -0.05) is 12.1 Å². The van der Waals surface area contributed by atoms with Crippen LogP contribution >= 0.6 is 0 Å². The van der Waals surface area contributed by atoms with Crippen molar-refractivity contribution in [3.63, 3.8) is 0 Å². The zero-order valence-corrected chi connectivity index (χ0v) is 13.5. The minimum atomic E-state index is -0.595. The van der Waals surface area contributed by atoms with Gasteiger partial charge in [0.25, 0.3) is 5.91 Å². The molecule has 0 heterocycles. The van der Waals surface area contributed by atoms with Crippen LogP contribution in [-0.4, -0.2) is 31.6 Å². The van der Waals surface area contributed by atoms with Gasteiger partial charge in [-0.05, 0) is 42.0 Å². The Morgan fingerprint density at radius 2 is 1.64 bits per heavy atom. The molecule has 0 bridgehead atoms. The Labute approximate surface area is 143 Å². The van der Waals surface area contributed by atoms with Crippen LogP contribution in [0.15, 0.2) is 48.5 Å². The summed E-state index contributed by atoms with van der Waals surface area (Å²) in [6.07, 6.45) is -0.0542. The van der Waals surface area contributed by atoms with E-state index in [-0.39, 0.29) is 6.42 Å². The summed E-state index contributed by atoms with van der Waals surface area (Å²) < 4.78 is 22.2. The van der Waals surface area contributed by atoms with Crippen molar-refractivity contribution in [2.75, 3.05) is 19.0 Å². The first-order chi connectivity index (χ1) is 12.0. The van der Waals surface area contributed by atoms with Crippen molar-refractivity contribution < 1.29 is 28.2 Å². The fraction of sp³-hybridized carbons (Fsp3) is 0.167. The van der Waals surface area contributed by atoms with E-state index < -0.39 is 30.3 Å². The molecule has 2 aromatic carbocycles. The van der Waals surface area contributed by atoms with Crippen molar-refractivity contribution in [1.82, 2.24) is 0 Å². The first-order valence-corrected chi connectivity index (χ1v) is 7.36. The summed E-state index contributed by atoms with van der Waals surface area (Å²) in [7, 11) is 1.28. The smallest absolute Gasteiger partial charge is 0.337 e. The predicted molar refractivity (Wildman–Crippen MR) is 87.5 cm³/mol. The van der Waals surface area contributed by atoms with Gasteiger partial charge in [0.2, 0.25) is 0 Å². The van der Waals surface area contributed by atoms with Crippen molar-refractivity contribution in [2.45, 2.75) is 6.42 Å². The number of ether oxygens (including phenoxy) is 2. The Morgan fingerprint density at radius 1 is 1.00 bits per heavy atom. The fourth-order valence-corrected chi connectivity index (χ4v) is 1.97. The highest BCUT2D eigenvalue weighted by atomic mass is 19.1. The number of hydrogen-bond acceptors (Lipinski definition) is 5. The average Bonchev–Trinajstić information content (AvgIpc) is 2.62. The first kappa shape index (κ1) is 18.1. The second kappa shape index (κ2) is 8.58. The summed E-state index contributed by atoms with van der Waals surface area (Å²) in [5, 5.41) is 2.53. The van der Waals surface area contributed by atoms with Crippen LogP contribution in [0.3, 0.4) is 0 Å². The number of benzene rings is 2. The molecule has 0 fully saturated rings. The number of esters is 2. The van der Waals surface area contributed by atoms with Gasteiger partial charge in [-0.15, -0.1) is 0 Å². The van der Waals surface area contributed by atoms with Gasteiger partial charge in [0.1, 0.15) is 5.82 Å². The Hall–Kier alpha value is -3.22. The standard InChI is InChI=1S/C18H16FNO5/c1-24-18(23)13-4-8-15(9-5-13)20-16(21)11-25-17(22)10-12-2-6-14(19)7-3-12/h2-9H,10-11H2,1H3,(H,20,21). The molecule has 0 radical (unpaired) electrons. The van der Waals surface area contributed by atoms with E-state index in [2.05, 4.69) is 10.1 Å². The van der Waals surface area contributed by atoms with E-state index in [4.69, 9.17) is 4.74 Å². The van der Waals surface area contributed by atoms with Crippen molar-refractivity contribution in [3.8, 4) is 0 Å². The number of carbonyl (C=O) groups excluding carboxylic acids is 3. The van der Waals surface area contributed by atoms with E-state index in [1.807, 2.05) is 0 Å². The molecule has 0 aliphatic carbocycles. The lowest BCUT2D eigenvalue weighted by Crippen LogP contribution is -2.21. The van der Waals surface area contributed by atoms with Gasteiger partial charge in [-0.25, -0.2) is 9.18 Å². The number of hydrogen-bond donors (Lipinski definition) is 1. The lowest BCUT2D eigenvalue weighted by molar-refractivity contribution is -0.146. The number of anilines is 1. The quantitative estimate of drug-likeness (QED) is 0.813. The molecule has 0 aromatic heterocycles. The van der Waals surface area contributed by atoms with Gasteiger partial charge in [0.15, 0.2) is 6.61 Å². The van der Waals surface area contributed by atoms with E-state index in [9.17, 15) is 18.8 Å². The van der Waals surface area contributed by atoms with Crippen molar-refractivity contribution in [1.29, 1.82) is 0 Å². The monoisotopic (exact) mass is 345 g/mol. The second-order valence-electron chi connectivity index (χ2n) is 5.08. The predicted octanol–water partition coefficient (Wildman–Crippen LogP) is 2.34. The van der Waals surface area contributed by atoms with Crippen LogP contribution in [0, 0.1) is 5.82 Å². The lowest BCUT2D eigenvalue weighted by Gasteiger charge is -2.07. The molecule has 2 rings (SSSR count). The van der Waals surface area contributed by atoms with Gasteiger partial charge in [-0.2, -0.15) is 0 Å². The van der Waals surface area contributed by atoms with Crippen molar-refractivity contribution >= 4 is 23.5 Å². The molecule has 2 aromatic rings. The van der Waals surface area contributed by atoms with E-state index in [1.165, 1.54) is 55.6 Å². The number of halogens is 1. The molecule has 0 saturated carbocycles. The maximum atomic E-state index is 12.8. The van der Waals surface area contributed by atoms with E-state index >= 15 is 0 Å². The van der Waals surface area contributed by atoms with Gasteiger partial charge in [0, 0.05) is 5.69 Å². The Balaban J connectivity index is 1.79. The van der Waals surface area contributed by atoms with Gasteiger partial charge >= 0.3 is 11.9 Å². The zero-order chi connectivity index (χ0) is 18.2. The molecule has 130 valence electrons. The summed E-state index contributed by atoms with van der Waals surface area (Å²) in [5.74, 6) is -1.98. The number of rotatable bonds is 6. The molecule has 25 heavy (non-hydrogen) atoms. The van der Waals surface area contributed by atoms with Crippen LogP contribution in [0.5, 0.6) is 0 Å². The molecular formula is C18H16FNO5. The number of carbonyl (C=O) groups is 3. The lowest BCUT2D eigenvalue weighted by atomic mass is 10.1. The maximum Gasteiger partial charge on any atom is 0.337 e. The Bertz CT molecular complexity index is 756. The molecule has 0 atom stereocenters. The van der Waals surface area contributed by atoms with Crippen LogP contribution in [-0.2, 0) is 25.5 Å². The summed E-state index contributed by atoms with van der Waals surface area (Å²) in [5.41, 5.74) is 1.39. The van der Waals surface area contributed by atoms with E-state index in [0.29, 0.717) is 16.8 Å². The molecule has 0 aliphatic rings. The first-order valence-electron chi connectivity index (χ1n) is 7.36. The SMILES string of the molecule is COC(=O)c1ccc(NC(=O)COC(=O)Cc2ccc(F)cc2)cc1. The van der Waals surface area contributed by atoms with Crippen LogP contribution < -0.4 is 5.32 Å². The third kappa shape index (κ3) is 5.72. The Kier molecular flexibility index (Phi) is 6.22. The largest absolute Gasteiger partial charge is 0.465 e. The summed E-state index contributed by atoms with van der Waals surface area (Å²) in [6, 6.07) is 11.5. The van der Waals surface area contributed by atoms with Gasteiger partial charge in [-0.3, -0.25) is 9.59 Å². The molecule has 7 heteroatoms. The van der Waals surface area contributed by atoms with Crippen LogP contribution in [0.4, 0.5) is 10.1 Å². The number of nitrogens with one attached hydrogen (secondary N) is 1. The molecule has 1 amide bonds. The van der Waals surface area contributed by atoms with E-state index in [1.54, 1.807) is 0 Å². The van der Waals surface area contributed by atoms with Crippen molar-refractivity contribution in [2.24, 2.45) is 0 Å². The fourth-order valence-electron chi connectivity index (χ4n) is 1.97. The normalized spacial score (nSPS) is 10.0. The summed E-state index contributed by atoms with van der Waals surface area (Å²) >= 11 is 0. The molecule has 0 unspecified atom stereocenters. The summed E-state index contributed by atoms with van der Waals surface area (Å²) in [6.45, 7) is -0.446. The highest BCUT2D eigenvalue weighted by molar-refractivity contribution is 5.94. The van der Waals surface area contributed by atoms with Crippen LogP contribution in [0.2, 0.25) is 0 Å². The van der Waals surface area contributed by atoms with Gasteiger partial charge < -0.3 is 14.8 Å². The van der Waals surface area contributed by atoms with Crippen molar-refractivity contribution in [3.05, 3.63) is 65.5 Å². The third-order valence-electron chi connectivity index (χ3n) is 3.22. The third-order valence-corrected chi connectivity index (χ3v) is 3.22. The average molecular weight is 345 g/mol. The molecule has 1 N–H and O–H groups in total. The van der Waals surface area contributed by atoms with E-state index in [0.717, 1.165) is 0 Å². The number of methoxy groups -OCH3 is 1. The zero-order valence-electron chi connectivity index (χ0n) is 13.5. The molecule has 6 nitrogen and oxygen atoms in total. The van der Waals surface area contributed by atoms with Crippen LogP contribution in [0.25, 0.3) is 0 Å². The summed E-state index contributed by atoms with van der Waals surface area (Å²) in [4.78, 5) is 34.7. The Morgan fingerprint density at radius 3 is 2.24 bits per heavy atom. The highest BCUT2D eigenvalue weighted by Gasteiger charge is 2.10. The minimum Gasteiger partial charge on any atom is -0.465 e. The van der Waals surface area contributed by atoms with Crippen LogP contribution in [0.1, 0.15) is 15.9 Å². The topological polar surface area (TPSA) is 81.7 Å². The second-order valence-corrected chi connectivity index (χ2v) is 5.08. The minimum absolute atomic E-state index is 0.0542. The molecule has 0 saturated heterocycles. The molecule has 0 aliphatic heterocycles. The molecular weight excluding hydrogens is 329 g/mol. The highest BCUT2D eigenvalue weighted by Crippen LogP contribution is 2.10. The maximum absolute atomic E-state index is 12.8.